The summed E-state index contributed by atoms with van der Waals surface area (Å²) in [6, 6.07) is 5.78. The molecule has 0 aliphatic carbocycles. The lowest BCUT2D eigenvalue weighted by Gasteiger charge is -2.12. The third-order valence-electron chi connectivity index (χ3n) is 5.08. The van der Waals surface area contributed by atoms with Gasteiger partial charge in [0.15, 0.2) is 17.5 Å². The van der Waals surface area contributed by atoms with Gasteiger partial charge < -0.3 is 20.1 Å². The molecule has 0 saturated heterocycles. The molecule has 0 bridgehead atoms. The largest absolute Gasteiger partial charge is 0.493 e. The number of fused-ring (bicyclic) bond motifs is 1. The number of hydrogen-bond donors (Lipinski definition) is 2. The zero-order valence-corrected chi connectivity index (χ0v) is 20.8. The number of methoxy groups -OCH3 is 2. The molecule has 0 saturated carbocycles. The summed E-state index contributed by atoms with van der Waals surface area (Å²) >= 11 is 0. The third-order valence-corrected chi connectivity index (χ3v) is 5.08. The second kappa shape index (κ2) is 12.6. The Hall–Kier alpha value is -2.24. The average Bonchev–Trinajstić information content (AvgIpc) is 3.10. The van der Waals surface area contributed by atoms with Crippen LogP contribution in [0.4, 0.5) is 0 Å². The number of halogens is 1. The third kappa shape index (κ3) is 6.62. The minimum Gasteiger partial charge on any atom is -0.493 e. The number of aromatic nitrogens is 3. The molecule has 0 radical (unpaired) electrons. The number of benzene rings is 1. The Bertz CT molecular complexity index is 924. The van der Waals surface area contributed by atoms with Crippen LogP contribution in [-0.2, 0) is 26.1 Å². The molecule has 0 spiro atoms. The van der Waals surface area contributed by atoms with Crippen LogP contribution in [0.1, 0.15) is 37.6 Å². The van der Waals surface area contributed by atoms with E-state index in [0.717, 1.165) is 56.1 Å². The maximum atomic E-state index is 12.4. The smallest absolute Gasteiger partial charge is 0.345 e. The first-order valence-corrected chi connectivity index (χ1v) is 10.6. The van der Waals surface area contributed by atoms with Gasteiger partial charge in [0, 0.05) is 32.6 Å². The summed E-state index contributed by atoms with van der Waals surface area (Å²) in [7, 11) is 3.24. The lowest BCUT2D eigenvalue weighted by Crippen LogP contribution is -2.38. The Labute approximate surface area is 200 Å². The molecule has 2 N–H and O–H groups in total. The highest BCUT2D eigenvalue weighted by Gasteiger charge is 2.16. The molecule has 1 aromatic heterocycles. The normalized spacial score (nSPS) is 13.2. The fourth-order valence-corrected chi connectivity index (χ4v) is 3.52. The zero-order valence-electron chi connectivity index (χ0n) is 18.5. The van der Waals surface area contributed by atoms with Crippen molar-refractivity contribution in [2.45, 2.75) is 52.2 Å². The van der Waals surface area contributed by atoms with E-state index in [9.17, 15) is 4.79 Å². The highest BCUT2D eigenvalue weighted by molar-refractivity contribution is 14.0. The maximum Gasteiger partial charge on any atom is 0.345 e. The molecule has 1 aliphatic rings. The Morgan fingerprint density at radius 3 is 2.71 bits per heavy atom. The van der Waals surface area contributed by atoms with E-state index in [0.29, 0.717) is 31.1 Å². The van der Waals surface area contributed by atoms with Crippen LogP contribution in [-0.4, -0.2) is 47.6 Å². The zero-order chi connectivity index (χ0) is 21.3. The van der Waals surface area contributed by atoms with Crippen LogP contribution in [0.5, 0.6) is 11.5 Å². The van der Waals surface area contributed by atoms with Gasteiger partial charge in [0.1, 0.15) is 5.82 Å². The van der Waals surface area contributed by atoms with Gasteiger partial charge in [-0.3, -0.25) is 4.57 Å². The fourth-order valence-electron chi connectivity index (χ4n) is 3.52. The van der Waals surface area contributed by atoms with Crippen LogP contribution in [0.15, 0.2) is 28.0 Å². The molecule has 31 heavy (non-hydrogen) atoms. The number of rotatable bonds is 9. The van der Waals surface area contributed by atoms with E-state index in [1.807, 2.05) is 29.7 Å². The quantitative estimate of drug-likeness (QED) is 0.218. The molecule has 172 valence electrons. The second-order valence-electron chi connectivity index (χ2n) is 7.20. The standard InChI is InChI=1S/C21H32N6O3.HI/c1-4-22-20(24-15-16-9-10-17(29-2)18(14-16)30-3)23-11-7-13-27-21(28)26-12-6-5-8-19(26)25-27;/h9-10,14H,4-8,11-13,15H2,1-3H3,(H2,22,23,24);1H. The SMILES string of the molecule is CCNC(=NCc1ccc(OC)c(OC)c1)NCCCn1nc2n(c1=O)CCCC2.I. The van der Waals surface area contributed by atoms with Crippen molar-refractivity contribution in [2.24, 2.45) is 4.99 Å². The van der Waals surface area contributed by atoms with E-state index in [1.54, 1.807) is 18.9 Å². The maximum absolute atomic E-state index is 12.4. The number of nitrogens with zero attached hydrogens (tertiary/aromatic N) is 4. The topological polar surface area (TPSA) is 94.7 Å². The molecule has 0 fully saturated rings. The van der Waals surface area contributed by atoms with Gasteiger partial charge in [0.25, 0.3) is 0 Å². The van der Waals surface area contributed by atoms with Crippen molar-refractivity contribution in [1.82, 2.24) is 25.0 Å². The number of aliphatic imine (C=N–C) groups is 1. The molecule has 9 nitrogen and oxygen atoms in total. The fraction of sp³-hybridized carbons (Fsp3) is 0.571. The highest BCUT2D eigenvalue weighted by Crippen LogP contribution is 2.27. The van der Waals surface area contributed by atoms with Gasteiger partial charge in [-0.2, -0.15) is 5.10 Å². The van der Waals surface area contributed by atoms with E-state index in [-0.39, 0.29) is 29.7 Å². The van der Waals surface area contributed by atoms with Crippen molar-refractivity contribution >= 4 is 29.9 Å². The van der Waals surface area contributed by atoms with E-state index in [4.69, 9.17) is 9.47 Å². The predicted octanol–water partition coefficient (Wildman–Crippen LogP) is 2.16. The summed E-state index contributed by atoms with van der Waals surface area (Å²) in [4.78, 5) is 17.0. The van der Waals surface area contributed by atoms with Crippen molar-refractivity contribution in [2.75, 3.05) is 27.3 Å². The Balaban J connectivity index is 0.00000341. The monoisotopic (exact) mass is 544 g/mol. The van der Waals surface area contributed by atoms with Crippen molar-refractivity contribution in [3.8, 4) is 11.5 Å². The lowest BCUT2D eigenvalue weighted by atomic mass is 10.2. The van der Waals surface area contributed by atoms with Gasteiger partial charge in [-0.1, -0.05) is 6.07 Å². The van der Waals surface area contributed by atoms with Crippen molar-refractivity contribution in [3.63, 3.8) is 0 Å². The molecular formula is C21H33IN6O3. The van der Waals surface area contributed by atoms with Gasteiger partial charge in [-0.25, -0.2) is 14.5 Å². The van der Waals surface area contributed by atoms with Crippen LogP contribution >= 0.6 is 24.0 Å². The van der Waals surface area contributed by atoms with E-state index in [2.05, 4.69) is 20.7 Å². The van der Waals surface area contributed by atoms with Crippen molar-refractivity contribution < 1.29 is 9.47 Å². The molecule has 10 heteroatoms. The molecule has 0 atom stereocenters. The van der Waals surface area contributed by atoms with Gasteiger partial charge >= 0.3 is 5.69 Å². The summed E-state index contributed by atoms with van der Waals surface area (Å²) in [6.45, 7) is 5.41. The Morgan fingerprint density at radius 2 is 2.00 bits per heavy atom. The molecule has 1 aromatic carbocycles. The molecular weight excluding hydrogens is 511 g/mol. The minimum atomic E-state index is 0. The summed E-state index contributed by atoms with van der Waals surface area (Å²) in [5.74, 6) is 3.05. The summed E-state index contributed by atoms with van der Waals surface area (Å²) in [6.07, 6.45) is 3.86. The van der Waals surface area contributed by atoms with Gasteiger partial charge in [0.05, 0.1) is 20.8 Å². The van der Waals surface area contributed by atoms with Crippen molar-refractivity contribution in [1.29, 1.82) is 0 Å². The van der Waals surface area contributed by atoms with E-state index < -0.39 is 0 Å². The first-order valence-electron chi connectivity index (χ1n) is 10.6. The van der Waals surface area contributed by atoms with Gasteiger partial charge in [-0.15, -0.1) is 24.0 Å². The molecule has 2 aromatic rings. The van der Waals surface area contributed by atoms with Crippen LogP contribution in [0, 0.1) is 0 Å². The summed E-state index contributed by atoms with van der Waals surface area (Å²) in [5.41, 5.74) is 1.04. The molecule has 3 rings (SSSR count). The van der Waals surface area contributed by atoms with Crippen LogP contribution in [0.2, 0.25) is 0 Å². The lowest BCUT2D eigenvalue weighted by molar-refractivity contribution is 0.354. The van der Waals surface area contributed by atoms with Gasteiger partial charge in [0.2, 0.25) is 0 Å². The van der Waals surface area contributed by atoms with Crippen LogP contribution < -0.4 is 25.8 Å². The van der Waals surface area contributed by atoms with E-state index in [1.165, 1.54) is 0 Å². The number of hydrogen-bond acceptors (Lipinski definition) is 5. The molecule has 1 aliphatic heterocycles. The summed E-state index contributed by atoms with van der Waals surface area (Å²) in [5, 5.41) is 11.1. The predicted molar refractivity (Wildman–Crippen MR) is 132 cm³/mol. The number of guanidine groups is 1. The Morgan fingerprint density at radius 1 is 1.19 bits per heavy atom. The van der Waals surface area contributed by atoms with Crippen LogP contribution in [0.3, 0.4) is 0 Å². The minimum absolute atomic E-state index is 0. The van der Waals surface area contributed by atoms with Crippen LogP contribution in [0.25, 0.3) is 0 Å². The Kier molecular flexibility index (Phi) is 10.2. The van der Waals surface area contributed by atoms with Crippen molar-refractivity contribution in [3.05, 3.63) is 40.1 Å². The molecule has 0 unspecified atom stereocenters. The van der Waals surface area contributed by atoms with Gasteiger partial charge in [-0.05, 0) is 43.9 Å². The first kappa shape index (κ1) is 25.0. The highest BCUT2D eigenvalue weighted by atomic mass is 127. The average molecular weight is 544 g/mol. The van der Waals surface area contributed by atoms with E-state index >= 15 is 0 Å². The number of ether oxygens (including phenoxy) is 2. The number of nitrogens with one attached hydrogen (secondary N) is 2. The molecule has 2 heterocycles. The second-order valence-corrected chi connectivity index (χ2v) is 7.20. The number of aryl methyl sites for hydroxylation is 2. The summed E-state index contributed by atoms with van der Waals surface area (Å²) < 4.78 is 14.0. The molecule has 0 amide bonds. The first-order chi connectivity index (χ1) is 14.7.